The van der Waals surface area contributed by atoms with Gasteiger partial charge in [-0.2, -0.15) is 5.10 Å². The van der Waals surface area contributed by atoms with E-state index in [4.69, 9.17) is 17.3 Å². The molecule has 0 fully saturated rings. The van der Waals surface area contributed by atoms with Crippen molar-refractivity contribution < 1.29 is 0 Å². The van der Waals surface area contributed by atoms with Gasteiger partial charge in [0.25, 0.3) is 0 Å². The lowest BCUT2D eigenvalue weighted by Crippen LogP contribution is -2.13. The summed E-state index contributed by atoms with van der Waals surface area (Å²) in [6.45, 7) is 0.525. The van der Waals surface area contributed by atoms with Gasteiger partial charge in [-0.15, -0.1) is 0 Å². The Morgan fingerprint density at radius 1 is 1.43 bits per heavy atom. The first-order valence-corrected chi connectivity index (χ1v) is 4.94. The molecule has 0 amide bonds. The van der Waals surface area contributed by atoms with Crippen LogP contribution in [0, 0.1) is 0 Å². The van der Waals surface area contributed by atoms with Crippen LogP contribution in [0.4, 0.5) is 0 Å². The first-order chi connectivity index (χ1) is 6.79. The van der Waals surface area contributed by atoms with Crippen LogP contribution in [-0.4, -0.2) is 12.3 Å². The molecule has 1 atom stereocenters. The Morgan fingerprint density at radius 3 is 2.71 bits per heavy atom. The minimum atomic E-state index is 0.255. The molecular formula is C10H12ClN3. The van der Waals surface area contributed by atoms with Crippen LogP contribution in [0.25, 0.3) is 0 Å². The number of hydrazone groups is 1. The van der Waals surface area contributed by atoms with E-state index in [-0.39, 0.29) is 6.04 Å². The molecule has 0 aliphatic carbocycles. The number of nitrogens with one attached hydrogen (secondary N) is 1. The molecule has 1 heterocycles. The highest BCUT2D eigenvalue weighted by molar-refractivity contribution is 6.30. The smallest absolute Gasteiger partial charge is 0.0742 e. The summed E-state index contributed by atoms with van der Waals surface area (Å²) in [7, 11) is 0. The van der Waals surface area contributed by atoms with Gasteiger partial charge in [-0.3, -0.25) is 0 Å². The molecule has 0 saturated heterocycles. The molecule has 1 unspecified atom stereocenters. The van der Waals surface area contributed by atoms with E-state index >= 15 is 0 Å². The standard InChI is InChI=1S/C10H12ClN3/c11-8-3-1-7(2-4-8)10-5-9(6-12)13-14-10/h1-4,10,14H,5-6,12H2. The van der Waals surface area contributed by atoms with E-state index in [0.29, 0.717) is 6.54 Å². The quantitative estimate of drug-likeness (QED) is 0.779. The maximum absolute atomic E-state index is 5.81. The van der Waals surface area contributed by atoms with Crippen molar-refractivity contribution in [3.05, 3.63) is 34.9 Å². The summed E-state index contributed by atoms with van der Waals surface area (Å²) in [5, 5.41) is 4.90. The lowest BCUT2D eigenvalue weighted by molar-refractivity contribution is 0.620. The van der Waals surface area contributed by atoms with Crippen LogP contribution in [-0.2, 0) is 0 Å². The molecule has 1 aliphatic rings. The number of benzene rings is 1. The highest BCUT2D eigenvalue weighted by Gasteiger charge is 2.18. The van der Waals surface area contributed by atoms with Gasteiger partial charge in [0.05, 0.1) is 11.8 Å². The van der Waals surface area contributed by atoms with Crippen molar-refractivity contribution in [1.29, 1.82) is 0 Å². The van der Waals surface area contributed by atoms with E-state index < -0.39 is 0 Å². The van der Waals surface area contributed by atoms with Crippen LogP contribution >= 0.6 is 11.6 Å². The van der Waals surface area contributed by atoms with Crippen LogP contribution < -0.4 is 11.2 Å². The average molecular weight is 210 g/mol. The summed E-state index contributed by atoms with van der Waals surface area (Å²) in [5.74, 6) is 0. The second kappa shape index (κ2) is 3.98. The third-order valence-electron chi connectivity index (χ3n) is 2.33. The number of nitrogens with zero attached hydrogens (tertiary/aromatic N) is 1. The molecule has 2 rings (SSSR count). The number of hydrogen-bond donors (Lipinski definition) is 2. The zero-order chi connectivity index (χ0) is 9.97. The molecule has 74 valence electrons. The second-order valence-electron chi connectivity index (χ2n) is 3.32. The fraction of sp³-hybridized carbons (Fsp3) is 0.300. The third kappa shape index (κ3) is 1.89. The van der Waals surface area contributed by atoms with Crippen LogP contribution in [0.15, 0.2) is 29.4 Å². The van der Waals surface area contributed by atoms with E-state index in [1.165, 1.54) is 5.56 Å². The van der Waals surface area contributed by atoms with Crippen molar-refractivity contribution >= 4 is 17.3 Å². The Hall–Kier alpha value is -1.06. The summed E-state index contributed by atoms with van der Waals surface area (Å²) in [6.07, 6.45) is 0.887. The number of nitrogens with two attached hydrogens (primary N) is 1. The summed E-state index contributed by atoms with van der Waals surface area (Å²) in [6, 6.07) is 8.05. The van der Waals surface area contributed by atoms with Crippen molar-refractivity contribution in [1.82, 2.24) is 5.43 Å². The van der Waals surface area contributed by atoms with Gasteiger partial charge in [0.2, 0.25) is 0 Å². The van der Waals surface area contributed by atoms with Crippen molar-refractivity contribution in [2.75, 3.05) is 6.54 Å². The largest absolute Gasteiger partial charge is 0.325 e. The van der Waals surface area contributed by atoms with Gasteiger partial charge in [-0.1, -0.05) is 23.7 Å². The maximum Gasteiger partial charge on any atom is 0.0742 e. The first-order valence-electron chi connectivity index (χ1n) is 4.56. The third-order valence-corrected chi connectivity index (χ3v) is 2.58. The molecule has 3 N–H and O–H groups in total. The summed E-state index contributed by atoms with van der Waals surface area (Å²) in [4.78, 5) is 0. The Labute approximate surface area is 87.9 Å². The van der Waals surface area contributed by atoms with E-state index in [9.17, 15) is 0 Å². The molecule has 1 aromatic rings. The molecule has 0 aromatic heterocycles. The van der Waals surface area contributed by atoms with E-state index in [1.807, 2.05) is 24.3 Å². The van der Waals surface area contributed by atoms with Crippen molar-refractivity contribution in [2.45, 2.75) is 12.5 Å². The van der Waals surface area contributed by atoms with E-state index in [0.717, 1.165) is 17.2 Å². The molecule has 4 heteroatoms. The summed E-state index contributed by atoms with van der Waals surface area (Å²) < 4.78 is 0. The fourth-order valence-electron chi connectivity index (χ4n) is 1.51. The average Bonchev–Trinajstić information content (AvgIpc) is 2.67. The summed E-state index contributed by atoms with van der Waals surface area (Å²) in [5.41, 5.74) is 10.8. The Kier molecular flexibility index (Phi) is 2.70. The van der Waals surface area contributed by atoms with Crippen LogP contribution in [0.2, 0.25) is 5.02 Å². The van der Waals surface area contributed by atoms with Crippen molar-refractivity contribution in [3.8, 4) is 0 Å². The zero-order valence-electron chi connectivity index (χ0n) is 7.70. The van der Waals surface area contributed by atoms with Gasteiger partial charge in [0, 0.05) is 18.0 Å². The molecule has 0 radical (unpaired) electrons. The zero-order valence-corrected chi connectivity index (χ0v) is 8.46. The van der Waals surface area contributed by atoms with E-state index in [2.05, 4.69) is 10.5 Å². The maximum atomic E-state index is 5.81. The van der Waals surface area contributed by atoms with Crippen LogP contribution in [0.3, 0.4) is 0 Å². The molecular weight excluding hydrogens is 198 g/mol. The van der Waals surface area contributed by atoms with Crippen molar-refractivity contribution in [3.63, 3.8) is 0 Å². The van der Waals surface area contributed by atoms with E-state index in [1.54, 1.807) is 0 Å². The van der Waals surface area contributed by atoms with Gasteiger partial charge in [-0.05, 0) is 17.7 Å². The minimum absolute atomic E-state index is 0.255. The lowest BCUT2D eigenvalue weighted by atomic mass is 10.0. The van der Waals surface area contributed by atoms with Gasteiger partial charge in [0.15, 0.2) is 0 Å². The highest BCUT2D eigenvalue weighted by atomic mass is 35.5. The number of hydrogen-bond acceptors (Lipinski definition) is 3. The molecule has 14 heavy (non-hydrogen) atoms. The summed E-state index contributed by atoms with van der Waals surface area (Å²) >= 11 is 5.81. The molecule has 1 aromatic carbocycles. The van der Waals surface area contributed by atoms with Gasteiger partial charge >= 0.3 is 0 Å². The Balaban J connectivity index is 2.08. The SMILES string of the molecule is NCC1=NNC(c2ccc(Cl)cc2)C1. The predicted octanol–water partition coefficient (Wildman–Crippen LogP) is 1.69. The first kappa shape index (κ1) is 9.49. The Bertz CT molecular complexity index is 345. The van der Waals surface area contributed by atoms with Gasteiger partial charge < -0.3 is 11.2 Å². The molecule has 0 bridgehead atoms. The second-order valence-corrected chi connectivity index (χ2v) is 3.76. The van der Waals surface area contributed by atoms with Gasteiger partial charge in [-0.25, -0.2) is 0 Å². The molecule has 0 saturated carbocycles. The predicted molar refractivity (Wildman–Crippen MR) is 58.4 cm³/mol. The highest BCUT2D eigenvalue weighted by Crippen LogP contribution is 2.22. The molecule has 3 nitrogen and oxygen atoms in total. The molecule has 1 aliphatic heterocycles. The fourth-order valence-corrected chi connectivity index (χ4v) is 1.64. The number of rotatable bonds is 2. The topological polar surface area (TPSA) is 50.4 Å². The minimum Gasteiger partial charge on any atom is -0.325 e. The lowest BCUT2D eigenvalue weighted by Gasteiger charge is -2.09. The number of halogens is 1. The normalized spacial score (nSPS) is 20.4. The van der Waals surface area contributed by atoms with Crippen LogP contribution in [0.1, 0.15) is 18.0 Å². The van der Waals surface area contributed by atoms with Gasteiger partial charge in [0.1, 0.15) is 0 Å². The van der Waals surface area contributed by atoms with Crippen LogP contribution in [0.5, 0.6) is 0 Å². The van der Waals surface area contributed by atoms with Crippen molar-refractivity contribution in [2.24, 2.45) is 10.8 Å². The molecule has 0 spiro atoms. The monoisotopic (exact) mass is 209 g/mol. The Morgan fingerprint density at radius 2 is 2.14 bits per heavy atom.